The first kappa shape index (κ1) is 19.6. The van der Waals surface area contributed by atoms with Gasteiger partial charge in [-0.05, 0) is 37.9 Å². The first-order valence-corrected chi connectivity index (χ1v) is 9.56. The maximum Gasteiger partial charge on any atom is 0.416 e. The zero-order valence-electron chi connectivity index (χ0n) is 15.5. The highest BCUT2D eigenvalue weighted by molar-refractivity contribution is 5.30. The van der Waals surface area contributed by atoms with Gasteiger partial charge in [0.05, 0.1) is 11.2 Å². The number of benzene rings is 1. The lowest BCUT2D eigenvalue weighted by molar-refractivity contribution is -0.137. The molecule has 2 N–H and O–H groups in total. The first-order chi connectivity index (χ1) is 12.3. The first-order valence-electron chi connectivity index (χ1n) is 9.56. The van der Waals surface area contributed by atoms with Crippen LogP contribution in [0.15, 0.2) is 24.3 Å². The summed E-state index contributed by atoms with van der Waals surface area (Å²) in [6, 6.07) is 5.88. The fourth-order valence-corrected chi connectivity index (χ4v) is 4.75. The predicted molar refractivity (Wildman–Crippen MR) is 96.1 cm³/mol. The van der Waals surface area contributed by atoms with Crippen molar-refractivity contribution >= 4 is 0 Å². The standard InChI is InChI=1S/C20H29F3N2O/c1-14(15-6-5-7-16(12-15)20(21,22)23)19(26)10-4-3-8-18(19)25-11-9-17(13-25)24-2/h5-7,12,14,17-18,24,26H,3-4,8-11,13H2,1-2H3/t14?,17-,18?,19?/m0/s1. The molecule has 1 aliphatic heterocycles. The normalized spacial score (nSPS) is 31.9. The molecule has 2 aliphatic rings. The van der Waals surface area contributed by atoms with Gasteiger partial charge in [-0.25, -0.2) is 0 Å². The topological polar surface area (TPSA) is 35.5 Å². The van der Waals surface area contributed by atoms with Gasteiger partial charge in [-0.2, -0.15) is 13.2 Å². The monoisotopic (exact) mass is 370 g/mol. The van der Waals surface area contributed by atoms with Gasteiger partial charge in [0.15, 0.2) is 0 Å². The summed E-state index contributed by atoms with van der Waals surface area (Å²) in [7, 11) is 1.95. The molecule has 3 unspecified atom stereocenters. The molecule has 0 aromatic heterocycles. The van der Waals surface area contributed by atoms with Crippen LogP contribution in [0.5, 0.6) is 0 Å². The average molecular weight is 370 g/mol. The minimum atomic E-state index is -4.36. The number of nitrogens with one attached hydrogen (secondary N) is 1. The van der Waals surface area contributed by atoms with Crippen LogP contribution in [0, 0.1) is 0 Å². The number of rotatable bonds is 4. The van der Waals surface area contributed by atoms with Crippen molar-refractivity contribution in [2.24, 2.45) is 0 Å². The van der Waals surface area contributed by atoms with E-state index in [4.69, 9.17) is 0 Å². The Balaban J connectivity index is 1.86. The SMILES string of the molecule is CN[C@H]1CCN(C2CCCCC2(O)C(C)c2cccc(C(F)(F)F)c2)C1. The van der Waals surface area contributed by atoms with Gasteiger partial charge in [0.1, 0.15) is 0 Å². The molecule has 1 aromatic carbocycles. The Labute approximate surface area is 153 Å². The van der Waals surface area contributed by atoms with E-state index in [1.807, 2.05) is 14.0 Å². The molecule has 3 rings (SSSR count). The van der Waals surface area contributed by atoms with Gasteiger partial charge in [-0.1, -0.05) is 38.0 Å². The van der Waals surface area contributed by atoms with Crippen molar-refractivity contribution in [3.8, 4) is 0 Å². The van der Waals surface area contributed by atoms with Crippen LogP contribution in [0.4, 0.5) is 13.2 Å². The van der Waals surface area contributed by atoms with Gasteiger partial charge >= 0.3 is 6.18 Å². The van der Waals surface area contributed by atoms with E-state index in [1.54, 1.807) is 6.07 Å². The molecular weight excluding hydrogens is 341 g/mol. The van der Waals surface area contributed by atoms with Crippen LogP contribution in [0.1, 0.15) is 56.1 Å². The summed E-state index contributed by atoms with van der Waals surface area (Å²) in [5.41, 5.74) is -1.07. The third-order valence-electron chi connectivity index (χ3n) is 6.41. The molecule has 4 atom stereocenters. The zero-order chi connectivity index (χ0) is 18.9. The van der Waals surface area contributed by atoms with Crippen LogP contribution in [0.2, 0.25) is 0 Å². The summed E-state index contributed by atoms with van der Waals surface area (Å²) >= 11 is 0. The highest BCUT2D eigenvalue weighted by atomic mass is 19.4. The summed E-state index contributed by atoms with van der Waals surface area (Å²) in [6.45, 7) is 3.69. The molecule has 1 heterocycles. The summed E-state index contributed by atoms with van der Waals surface area (Å²) in [6.07, 6.45) is 0.189. The molecule has 0 spiro atoms. The molecular formula is C20H29F3N2O. The Kier molecular flexibility index (Phi) is 5.66. The predicted octanol–water partition coefficient (Wildman–Crippen LogP) is 3.78. The maximum absolute atomic E-state index is 13.1. The van der Waals surface area contributed by atoms with Gasteiger partial charge in [0, 0.05) is 31.1 Å². The van der Waals surface area contributed by atoms with Crippen molar-refractivity contribution in [3.63, 3.8) is 0 Å². The maximum atomic E-state index is 13.1. The van der Waals surface area contributed by atoms with E-state index in [-0.39, 0.29) is 12.0 Å². The molecule has 2 fully saturated rings. The summed E-state index contributed by atoms with van der Waals surface area (Å²) in [5.74, 6) is -0.344. The average Bonchev–Trinajstić information content (AvgIpc) is 3.09. The van der Waals surface area contributed by atoms with Crippen molar-refractivity contribution in [1.29, 1.82) is 0 Å². The van der Waals surface area contributed by atoms with Crippen molar-refractivity contribution in [3.05, 3.63) is 35.4 Å². The van der Waals surface area contributed by atoms with Gasteiger partial charge in [0.25, 0.3) is 0 Å². The molecule has 1 saturated carbocycles. The molecule has 146 valence electrons. The fraction of sp³-hybridized carbons (Fsp3) is 0.700. The number of hydrogen-bond donors (Lipinski definition) is 2. The van der Waals surface area contributed by atoms with E-state index in [2.05, 4.69) is 10.2 Å². The van der Waals surface area contributed by atoms with Crippen LogP contribution in [0.25, 0.3) is 0 Å². The number of likely N-dealkylation sites (N-methyl/N-ethyl adjacent to an activating group) is 1. The van der Waals surface area contributed by atoms with Crippen molar-refractivity contribution in [2.75, 3.05) is 20.1 Å². The van der Waals surface area contributed by atoms with E-state index in [1.165, 1.54) is 12.1 Å². The largest absolute Gasteiger partial charge is 0.416 e. The molecule has 1 aliphatic carbocycles. The van der Waals surface area contributed by atoms with Gasteiger partial charge < -0.3 is 10.4 Å². The van der Waals surface area contributed by atoms with Crippen LogP contribution in [0.3, 0.4) is 0 Å². The number of alkyl halides is 3. The van der Waals surface area contributed by atoms with E-state index in [9.17, 15) is 18.3 Å². The molecule has 3 nitrogen and oxygen atoms in total. The van der Waals surface area contributed by atoms with Gasteiger partial charge in [-0.3, -0.25) is 4.90 Å². The molecule has 1 aromatic rings. The zero-order valence-corrected chi connectivity index (χ0v) is 15.5. The molecule has 0 radical (unpaired) electrons. The van der Waals surface area contributed by atoms with Crippen molar-refractivity contribution in [2.45, 2.75) is 68.8 Å². The van der Waals surface area contributed by atoms with E-state index in [0.29, 0.717) is 18.0 Å². The fourth-order valence-electron chi connectivity index (χ4n) is 4.75. The van der Waals surface area contributed by atoms with E-state index in [0.717, 1.165) is 44.8 Å². The van der Waals surface area contributed by atoms with Crippen molar-refractivity contribution < 1.29 is 18.3 Å². The summed E-state index contributed by atoms with van der Waals surface area (Å²) in [5, 5.41) is 14.9. The Morgan fingerprint density at radius 1 is 1.27 bits per heavy atom. The third-order valence-corrected chi connectivity index (χ3v) is 6.41. The molecule has 26 heavy (non-hydrogen) atoms. The highest BCUT2D eigenvalue weighted by Gasteiger charge is 2.48. The minimum absolute atomic E-state index is 0.000794. The second kappa shape index (κ2) is 7.49. The number of hydrogen-bond acceptors (Lipinski definition) is 3. The number of likely N-dealkylation sites (tertiary alicyclic amines) is 1. The summed E-state index contributed by atoms with van der Waals surface area (Å²) < 4.78 is 39.3. The lowest BCUT2D eigenvalue weighted by Crippen LogP contribution is -2.57. The molecule has 6 heteroatoms. The Hall–Kier alpha value is -1.11. The molecule has 0 bridgehead atoms. The molecule has 1 saturated heterocycles. The van der Waals surface area contributed by atoms with E-state index >= 15 is 0 Å². The van der Waals surface area contributed by atoms with E-state index < -0.39 is 17.3 Å². The third kappa shape index (κ3) is 3.78. The van der Waals surface area contributed by atoms with Crippen LogP contribution < -0.4 is 5.32 Å². The van der Waals surface area contributed by atoms with Crippen molar-refractivity contribution in [1.82, 2.24) is 10.2 Å². The van der Waals surface area contributed by atoms with Gasteiger partial charge in [-0.15, -0.1) is 0 Å². The Morgan fingerprint density at radius 3 is 2.69 bits per heavy atom. The molecule has 0 amide bonds. The van der Waals surface area contributed by atoms with Crippen LogP contribution >= 0.6 is 0 Å². The van der Waals surface area contributed by atoms with Gasteiger partial charge in [0.2, 0.25) is 0 Å². The smallest absolute Gasteiger partial charge is 0.388 e. The Morgan fingerprint density at radius 2 is 2.04 bits per heavy atom. The summed E-state index contributed by atoms with van der Waals surface area (Å²) in [4.78, 5) is 2.34. The number of halogens is 3. The highest BCUT2D eigenvalue weighted by Crippen LogP contribution is 2.44. The number of nitrogens with zero attached hydrogens (tertiary/aromatic N) is 1. The second-order valence-corrected chi connectivity index (χ2v) is 7.87. The number of aliphatic hydroxyl groups is 1. The lowest BCUT2D eigenvalue weighted by Gasteiger charge is -2.48. The quantitative estimate of drug-likeness (QED) is 0.847. The Bertz CT molecular complexity index is 621. The minimum Gasteiger partial charge on any atom is -0.388 e. The second-order valence-electron chi connectivity index (χ2n) is 7.87. The lowest BCUT2D eigenvalue weighted by atomic mass is 9.70. The van der Waals surface area contributed by atoms with Crippen LogP contribution in [-0.4, -0.2) is 47.8 Å². The van der Waals surface area contributed by atoms with Crippen LogP contribution in [-0.2, 0) is 6.18 Å².